The molecule has 0 heterocycles. The van der Waals surface area contributed by atoms with Crippen LogP contribution in [0.5, 0.6) is 0 Å². The van der Waals surface area contributed by atoms with Crippen LogP contribution in [0.15, 0.2) is 34.1 Å². The van der Waals surface area contributed by atoms with Crippen molar-refractivity contribution in [2.75, 3.05) is 0 Å². The lowest BCUT2D eigenvalue weighted by Gasteiger charge is -1.99. The second-order valence-corrected chi connectivity index (χ2v) is 2.92. The molecule has 0 atom stereocenters. The maximum atomic E-state index is 7.85. The molecule has 0 bridgehead atoms. The lowest BCUT2D eigenvalue weighted by Crippen LogP contribution is -1.79. The summed E-state index contributed by atoms with van der Waals surface area (Å²) < 4.78 is 4.22. The van der Waals surface area contributed by atoms with Gasteiger partial charge in [-0.3, -0.25) is 0 Å². The van der Waals surface area contributed by atoms with E-state index in [2.05, 4.69) is 22.0 Å². The molecule has 0 unspecified atom stereocenters. The summed E-state index contributed by atoms with van der Waals surface area (Å²) in [5.74, 6) is 0. The summed E-state index contributed by atoms with van der Waals surface area (Å²) in [7, 11) is 0. The van der Waals surface area contributed by atoms with Gasteiger partial charge >= 0.3 is 0 Å². The van der Waals surface area contributed by atoms with E-state index in [0.717, 1.165) is 21.8 Å². The van der Waals surface area contributed by atoms with Crippen LogP contribution in [0, 0.1) is 0 Å². The van der Waals surface area contributed by atoms with Crippen molar-refractivity contribution in [2.45, 2.75) is 9.79 Å². The Kier molecular flexibility index (Phi) is 3.74. The Balaban J connectivity index is 2.62. The molecule has 1 rings (SSSR count). The zero-order chi connectivity index (χ0) is 8.10. The highest BCUT2D eigenvalue weighted by atomic mass is 32.2. The van der Waals surface area contributed by atoms with Crippen LogP contribution in [-0.4, -0.2) is 5.26 Å². The van der Waals surface area contributed by atoms with Crippen LogP contribution < -0.4 is 0 Å². The Labute approximate surface area is 73.8 Å². The fourth-order valence-electron chi connectivity index (χ4n) is 0.580. The van der Waals surface area contributed by atoms with Gasteiger partial charge in [-0.25, -0.2) is 5.26 Å². The molecular formula is C6H6O3S2. The van der Waals surface area contributed by atoms with Gasteiger partial charge in [0.1, 0.15) is 0 Å². The predicted octanol–water partition coefficient (Wildman–Crippen LogP) is 2.40. The third-order valence-electron chi connectivity index (χ3n) is 1.02. The molecule has 0 saturated carbocycles. The van der Waals surface area contributed by atoms with Crippen LogP contribution in [0.2, 0.25) is 0 Å². The summed E-state index contributed by atoms with van der Waals surface area (Å²) >= 11 is 5.03. The van der Waals surface area contributed by atoms with Crippen molar-refractivity contribution in [1.29, 1.82) is 0 Å². The molecular weight excluding hydrogens is 184 g/mol. The Morgan fingerprint density at radius 2 is 2.09 bits per heavy atom. The van der Waals surface area contributed by atoms with E-state index in [0.29, 0.717) is 0 Å². The van der Waals surface area contributed by atoms with Crippen LogP contribution >= 0.6 is 24.7 Å². The monoisotopic (exact) mass is 190 g/mol. The minimum Gasteiger partial charge on any atom is -0.220 e. The summed E-state index contributed by atoms with van der Waals surface area (Å²) in [5, 5.41) is 11.3. The first-order chi connectivity index (χ1) is 5.34. The smallest absolute Gasteiger partial charge is 0.0726 e. The number of benzene rings is 1. The van der Waals surface area contributed by atoms with Gasteiger partial charge in [0.05, 0.1) is 16.9 Å². The molecule has 3 nitrogen and oxygen atoms in total. The van der Waals surface area contributed by atoms with Gasteiger partial charge in [-0.2, -0.15) is 0 Å². The second-order valence-electron chi connectivity index (χ2n) is 1.69. The van der Waals surface area contributed by atoms with Gasteiger partial charge in [-0.15, -0.1) is 17.0 Å². The maximum Gasteiger partial charge on any atom is 0.0726 e. The average molecular weight is 190 g/mol. The molecule has 0 aliphatic carbocycles. The van der Waals surface area contributed by atoms with Crippen LogP contribution in [0.25, 0.3) is 0 Å². The summed E-state index contributed by atoms with van der Waals surface area (Å²) in [6, 6.07) is 7.30. The van der Waals surface area contributed by atoms with Gasteiger partial charge in [0.25, 0.3) is 0 Å². The van der Waals surface area contributed by atoms with Crippen molar-refractivity contribution in [3.8, 4) is 0 Å². The van der Waals surface area contributed by atoms with E-state index in [1.807, 2.05) is 18.2 Å². The summed E-state index contributed by atoms with van der Waals surface area (Å²) in [6.07, 6.45) is 0. The summed E-state index contributed by atoms with van der Waals surface area (Å²) in [4.78, 5) is 1.56. The highest BCUT2D eigenvalue weighted by Crippen LogP contribution is 2.25. The number of hydrogen-bond acceptors (Lipinski definition) is 5. The first kappa shape index (κ1) is 8.89. The van der Waals surface area contributed by atoms with E-state index in [1.54, 1.807) is 6.07 Å². The van der Waals surface area contributed by atoms with Gasteiger partial charge in [0, 0.05) is 4.90 Å². The summed E-state index contributed by atoms with van der Waals surface area (Å²) in [6.45, 7) is 0. The third kappa shape index (κ3) is 2.72. The van der Waals surface area contributed by atoms with Crippen LogP contribution in [0.4, 0.5) is 0 Å². The van der Waals surface area contributed by atoms with E-state index < -0.39 is 0 Å². The quantitative estimate of drug-likeness (QED) is 0.332. The van der Waals surface area contributed by atoms with Gasteiger partial charge in [-0.1, -0.05) is 17.2 Å². The van der Waals surface area contributed by atoms with Gasteiger partial charge in [0.2, 0.25) is 0 Å². The van der Waals surface area contributed by atoms with E-state index in [9.17, 15) is 0 Å². The van der Waals surface area contributed by atoms with Crippen molar-refractivity contribution >= 4 is 24.7 Å². The first-order valence-electron chi connectivity index (χ1n) is 2.77. The van der Waals surface area contributed by atoms with Crippen molar-refractivity contribution in [3.05, 3.63) is 24.3 Å². The molecule has 1 N–H and O–H groups in total. The van der Waals surface area contributed by atoms with Crippen LogP contribution in [-0.2, 0) is 9.37 Å². The molecule has 0 spiro atoms. The number of thiol groups is 1. The largest absolute Gasteiger partial charge is 0.220 e. The Morgan fingerprint density at radius 3 is 2.73 bits per heavy atom. The van der Waals surface area contributed by atoms with Gasteiger partial charge in [-0.05, 0) is 12.1 Å². The lowest BCUT2D eigenvalue weighted by atomic mass is 10.4. The molecule has 1 aromatic rings. The molecule has 0 aliphatic rings. The second kappa shape index (κ2) is 4.63. The molecule has 0 aromatic heterocycles. The third-order valence-corrected chi connectivity index (χ3v) is 2.23. The van der Waals surface area contributed by atoms with E-state index in [1.165, 1.54) is 0 Å². The average Bonchev–Trinajstić information content (AvgIpc) is 2.03. The standard InChI is InChI=1S/C6H6O3S2/c7-8-9-11-6-4-2-1-3-5(6)10/h1-4,7,10H. The summed E-state index contributed by atoms with van der Waals surface area (Å²) in [5.41, 5.74) is 0. The van der Waals surface area contributed by atoms with Crippen LogP contribution in [0.1, 0.15) is 0 Å². The fraction of sp³-hybridized carbons (Fsp3) is 0. The van der Waals surface area contributed by atoms with E-state index in [-0.39, 0.29) is 0 Å². The van der Waals surface area contributed by atoms with Crippen molar-refractivity contribution < 1.29 is 14.6 Å². The highest BCUT2D eigenvalue weighted by molar-refractivity contribution is 7.95. The topological polar surface area (TPSA) is 38.7 Å². The lowest BCUT2D eigenvalue weighted by molar-refractivity contribution is -0.432. The molecule has 1 aromatic carbocycles. The molecule has 0 saturated heterocycles. The van der Waals surface area contributed by atoms with Crippen LogP contribution in [0.3, 0.4) is 0 Å². The van der Waals surface area contributed by atoms with Crippen molar-refractivity contribution in [2.24, 2.45) is 0 Å². The molecule has 0 radical (unpaired) electrons. The minimum absolute atomic E-state index is 0.773. The Hall–Kier alpha value is -0.200. The van der Waals surface area contributed by atoms with E-state index >= 15 is 0 Å². The number of rotatable bonds is 3. The Morgan fingerprint density at radius 1 is 1.36 bits per heavy atom. The molecule has 60 valence electrons. The molecule has 5 heteroatoms. The minimum atomic E-state index is 0.773. The first-order valence-corrected chi connectivity index (χ1v) is 3.96. The zero-order valence-corrected chi connectivity index (χ0v) is 7.14. The highest BCUT2D eigenvalue weighted by Gasteiger charge is 1.98. The fourth-order valence-corrected chi connectivity index (χ4v) is 1.24. The van der Waals surface area contributed by atoms with Crippen molar-refractivity contribution in [3.63, 3.8) is 0 Å². The molecule has 0 amide bonds. The number of hydrogen-bond donors (Lipinski definition) is 2. The van der Waals surface area contributed by atoms with Crippen molar-refractivity contribution in [1.82, 2.24) is 0 Å². The Bertz CT molecular complexity index is 229. The van der Waals surface area contributed by atoms with E-state index in [4.69, 9.17) is 5.26 Å². The zero-order valence-electron chi connectivity index (χ0n) is 5.43. The molecule has 11 heavy (non-hydrogen) atoms. The maximum absolute atomic E-state index is 7.85. The predicted molar refractivity (Wildman–Crippen MR) is 44.3 cm³/mol. The molecule has 0 fully saturated rings. The van der Waals surface area contributed by atoms with Gasteiger partial charge < -0.3 is 0 Å². The normalized spacial score (nSPS) is 10.0. The molecule has 0 aliphatic heterocycles. The SMILES string of the molecule is OOOSc1ccccc1S. The van der Waals surface area contributed by atoms with Gasteiger partial charge in [0.15, 0.2) is 0 Å².